The molecule has 27 heavy (non-hydrogen) atoms. The van der Waals surface area contributed by atoms with Crippen molar-refractivity contribution in [2.45, 2.75) is 51.9 Å². The van der Waals surface area contributed by atoms with E-state index in [-0.39, 0.29) is 5.97 Å². The molecular weight excluding hydrogens is 346 g/mol. The van der Waals surface area contributed by atoms with Crippen molar-refractivity contribution in [1.82, 2.24) is 0 Å². The maximum Gasteiger partial charge on any atom is 0.305 e. The van der Waals surface area contributed by atoms with Gasteiger partial charge in [-0.15, -0.1) is 0 Å². The summed E-state index contributed by atoms with van der Waals surface area (Å²) in [5, 5.41) is 0. The average molecular weight is 382 g/mol. The number of ether oxygens (including phenoxy) is 4. The second kappa shape index (κ2) is 16.4. The molecule has 0 saturated carbocycles. The highest BCUT2D eigenvalue weighted by Crippen LogP contribution is 2.12. The molecule has 0 atom stereocenters. The number of hydrogen-bond acceptors (Lipinski definition) is 6. The van der Waals surface area contributed by atoms with Gasteiger partial charge in [-0.3, -0.25) is 4.79 Å². The normalized spacial score (nSPS) is 10.7. The molecule has 0 heterocycles. The SMILES string of the molecule is CCCCCCCCC(=O)OCCOCCOCCOc1ccc(N)cc1. The first-order valence-corrected chi connectivity index (χ1v) is 10.0. The standard InChI is InChI=1S/C21H35NO5/c1-2-3-4-5-6-7-8-21(23)27-18-16-25-14-13-24-15-17-26-20-11-9-19(22)10-12-20/h9-12H,2-8,13-18,22H2,1H3. The molecule has 0 spiro atoms. The number of carbonyl (C=O) groups excluding carboxylic acids is 1. The molecule has 0 aliphatic carbocycles. The average Bonchev–Trinajstić information content (AvgIpc) is 2.67. The molecule has 0 radical (unpaired) electrons. The van der Waals surface area contributed by atoms with Crippen LogP contribution >= 0.6 is 0 Å². The predicted octanol–water partition coefficient (Wildman–Crippen LogP) is 3.97. The van der Waals surface area contributed by atoms with Gasteiger partial charge in [-0.2, -0.15) is 0 Å². The van der Waals surface area contributed by atoms with Crippen molar-refractivity contribution in [2.24, 2.45) is 0 Å². The number of rotatable bonds is 17. The predicted molar refractivity (Wildman–Crippen MR) is 107 cm³/mol. The summed E-state index contributed by atoms with van der Waals surface area (Å²) < 4.78 is 21.4. The number of unbranched alkanes of at least 4 members (excludes halogenated alkanes) is 5. The second-order valence-electron chi connectivity index (χ2n) is 6.38. The molecule has 2 N–H and O–H groups in total. The van der Waals surface area contributed by atoms with Crippen LogP contribution in [-0.4, -0.2) is 45.6 Å². The van der Waals surface area contributed by atoms with Gasteiger partial charge in [-0.1, -0.05) is 39.0 Å². The van der Waals surface area contributed by atoms with E-state index in [1.165, 1.54) is 25.7 Å². The topological polar surface area (TPSA) is 80.0 Å². The summed E-state index contributed by atoms with van der Waals surface area (Å²) in [5.41, 5.74) is 6.32. The number of nitrogens with two attached hydrogens (primary N) is 1. The number of esters is 1. The van der Waals surface area contributed by atoms with E-state index in [4.69, 9.17) is 24.7 Å². The molecular formula is C21H35NO5. The van der Waals surface area contributed by atoms with Crippen LogP contribution in [0.3, 0.4) is 0 Å². The number of benzene rings is 1. The van der Waals surface area contributed by atoms with Gasteiger partial charge >= 0.3 is 5.97 Å². The van der Waals surface area contributed by atoms with Crippen LogP contribution in [0.15, 0.2) is 24.3 Å². The Balaban J connectivity index is 1.80. The monoisotopic (exact) mass is 381 g/mol. The van der Waals surface area contributed by atoms with E-state index in [1.54, 1.807) is 12.1 Å². The van der Waals surface area contributed by atoms with E-state index in [1.807, 2.05) is 12.1 Å². The Hall–Kier alpha value is -1.79. The number of hydrogen-bond donors (Lipinski definition) is 1. The largest absolute Gasteiger partial charge is 0.491 e. The van der Waals surface area contributed by atoms with Crippen LogP contribution in [0.5, 0.6) is 5.75 Å². The molecule has 1 aromatic rings. The van der Waals surface area contributed by atoms with E-state index < -0.39 is 0 Å². The van der Waals surface area contributed by atoms with Crippen molar-refractivity contribution in [3.8, 4) is 5.75 Å². The summed E-state index contributed by atoms with van der Waals surface area (Å²) in [4.78, 5) is 11.6. The number of carbonyl (C=O) groups is 1. The fraction of sp³-hybridized carbons (Fsp3) is 0.667. The maximum absolute atomic E-state index is 11.6. The van der Waals surface area contributed by atoms with Crippen molar-refractivity contribution >= 4 is 11.7 Å². The van der Waals surface area contributed by atoms with Crippen molar-refractivity contribution in [2.75, 3.05) is 45.4 Å². The molecule has 0 aliphatic rings. The van der Waals surface area contributed by atoms with Gasteiger partial charge in [-0.25, -0.2) is 0 Å². The van der Waals surface area contributed by atoms with Crippen molar-refractivity contribution in [3.63, 3.8) is 0 Å². The van der Waals surface area contributed by atoms with Gasteiger partial charge in [0.2, 0.25) is 0 Å². The van der Waals surface area contributed by atoms with Crippen LogP contribution in [0, 0.1) is 0 Å². The summed E-state index contributed by atoms with van der Waals surface area (Å²) in [7, 11) is 0. The van der Waals surface area contributed by atoms with Gasteiger partial charge in [0.15, 0.2) is 0 Å². The summed E-state index contributed by atoms with van der Waals surface area (Å²) >= 11 is 0. The fourth-order valence-corrected chi connectivity index (χ4v) is 2.44. The lowest BCUT2D eigenvalue weighted by Crippen LogP contribution is -2.14. The zero-order valence-electron chi connectivity index (χ0n) is 16.6. The Morgan fingerprint density at radius 3 is 2.11 bits per heavy atom. The van der Waals surface area contributed by atoms with Crippen molar-refractivity contribution in [1.29, 1.82) is 0 Å². The molecule has 154 valence electrons. The highest BCUT2D eigenvalue weighted by atomic mass is 16.6. The molecule has 1 rings (SSSR count). The minimum atomic E-state index is -0.134. The fourth-order valence-electron chi connectivity index (χ4n) is 2.44. The minimum absolute atomic E-state index is 0.134. The zero-order chi connectivity index (χ0) is 19.6. The maximum atomic E-state index is 11.6. The summed E-state index contributed by atoms with van der Waals surface area (Å²) in [6.45, 7) is 4.81. The molecule has 0 bridgehead atoms. The number of anilines is 1. The third kappa shape index (κ3) is 14.0. The van der Waals surface area contributed by atoms with E-state index in [0.29, 0.717) is 51.7 Å². The van der Waals surface area contributed by atoms with E-state index in [2.05, 4.69) is 6.92 Å². The molecule has 0 aliphatic heterocycles. The summed E-state index contributed by atoms with van der Waals surface area (Å²) in [5.74, 6) is 0.636. The lowest BCUT2D eigenvalue weighted by molar-refractivity contribution is -0.145. The first-order valence-electron chi connectivity index (χ1n) is 10.0. The van der Waals surface area contributed by atoms with Crippen LogP contribution in [0.2, 0.25) is 0 Å². The van der Waals surface area contributed by atoms with Crippen LogP contribution in [-0.2, 0) is 19.0 Å². The van der Waals surface area contributed by atoms with E-state index in [9.17, 15) is 4.79 Å². The number of nitrogen functional groups attached to an aromatic ring is 1. The minimum Gasteiger partial charge on any atom is -0.491 e. The van der Waals surface area contributed by atoms with E-state index >= 15 is 0 Å². The molecule has 0 aromatic heterocycles. The lowest BCUT2D eigenvalue weighted by atomic mass is 10.1. The van der Waals surface area contributed by atoms with E-state index in [0.717, 1.165) is 18.6 Å². The van der Waals surface area contributed by atoms with Gasteiger partial charge in [0, 0.05) is 12.1 Å². The van der Waals surface area contributed by atoms with Gasteiger partial charge in [0.1, 0.15) is 19.0 Å². The first kappa shape index (κ1) is 23.2. The lowest BCUT2D eigenvalue weighted by Gasteiger charge is -2.08. The smallest absolute Gasteiger partial charge is 0.305 e. The van der Waals surface area contributed by atoms with Crippen molar-refractivity contribution in [3.05, 3.63) is 24.3 Å². The van der Waals surface area contributed by atoms with Gasteiger partial charge in [0.25, 0.3) is 0 Å². The van der Waals surface area contributed by atoms with Crippen LogP contribution in [0.4, 0.5) is 5.69 Å². The van der Waals surface area contributed by atoms with Gasteiger partial charge < -0.3 is 24.7 Å². The summed E-state index contributed by atoms with van der Waals surface area (Å²) in [6.07, 6.45) is 7.50. The molecule has 1 aromatic carbocycles. The molecule has 6 heteroatoms. The molecule has 6 nitrogen and oxygen atoms in total. The summed E-state index contributed by atoms with van der Waals surface area (Å²) in [6, 6.07) is 7.24. The quantitative estimate of drug-likeness (QED) is 0.250. The third-order valence-corrected chi connectivity index (χ3v) is 3.97. The molecule has 0 fully saturated rings. The van der Waals surface area contributed by atoms with Crippen LogP contribution in [0.25, 0.3) is 0 Å². The van der Waals surface area contributed by atoms with Gasteiger partial charge in [0.05, 0.1) is 26.4 Å². The Bertz CT molecular complexity index is 478. The Labute approximate surface area is 163 Å². The van der Waals surface area contributed by atoms with Crippen molar-refractivity contribution < 1.29 is 23.7 Å². The first-order chi connectivity index (χ1) is 13.2. The zero-order valence-corrected chi connectivity index (χ0v) is 16.6. The van der Waals surface area contributed by atoms with Crippen LogP contribution < -0.4 is 10.5 Å². The Kier molecular flexibility index (Phi) is 14.1. The highest BCUT2D eigenvalue weighted by Gasteiger charge is 2.02. The Morgan fingerprint density at radius 2 is 1.41 bits per heavy atom. The molecule has 0 saturated heterocycles. The highest BCUT2D eigenvalue weighted by molar-refractivity contribution is 5.69. The molecule has 0 amide bonds. The third-order valence-electron chi connectivity index (χ3n) is 3.97. The Morgan fingerprint density at radius 1 is 0.815 bits per heavy atom. The molecule has 0 unspecified atom stereocenters. The van der Waals surface area contributed by atoms with Gasteiger partial charge in [-0.05, 0) is 30.7 Å². The van der Waals surface area contributed by atoms with Crippen LogP contribution in [0.1, 0.15) is 51.9 Å². The second-order valence-corrected chi connectivity index (χ2v) is 6.38.